The Bertz CT molecular complexity index is 1360. The number of hydrogen-bond acceptors (Lipinski definition) is 8. The molecule has 3 N–H and O–H groups in total. The van der Waals surface area contributed by atoms with Crippen molar-refractivity contribution in [3.05, 3.63) is 53.4 Å². The molecule has 2 heterocycles. The van der Waals surface area contributed by atoms with E-state index in [1.165, 1.54) is 31.3 Å². The molecule has 0 radical (unpaired) electrons. The van der Waals surface area contributed by atoms with Gasteiger partial charge in [-0.15, -0.1) is 6.42 Å². The quantitative estimate of drug-likeness (QED) is 0.578. The summed E-state index contributed by atoms with van der Waals surface area (Å²) >= 11 is 0.919. The van der Waals surface area contributed by atoms with Gasteiger partial charge < -0.3 is 15.8 Å². The third-order valence-electron chi connectivity index (χ3n) is 5.91. The lowest BCUT2D eigenvalue weighted by Crippen LogP contribution is -2.39. The molecule has 8 nitrogen and oxygen atoms in total. The molecule has 1 aliphatic carbocycles. The van der Waals surface area contributed by atoms with Crippen LogP contribution in [0.1, 0.15) is 29.4 Å². The molecule has 1 fully saturated rings. The Labute approximate surface area is 199 Å². The lowest BCUT2D eigenvalue weighted by atomic mass is 9.86. The first kappa shape index (κ1) is 24.0. The Hall–Kier alpha value is -3.17. The Kier molecular flexibility index (Phi) is 5.81. The number of amides is 1. The van der Waals surface area contributed by atoms with Crippen LogP contribution in [0, 0.1) is 29.9 Å². The van der Waals surface area contributed by atoms with Crippen molar-refractivity contribution in [2.75, 3.05) is 18.2 Å². The number of pyridine rings is 1. The van der Waals surface area contributed by atoms with Crippen molar-refractivity contribution in [2.24, 2.45) is 16.6 Å². The lowest BCUT2D eigenvalue weighted by Gasteiger charge is -2.33. The number of carbonyl (C=O) groups excluding carboxylic acids is 1. The summed E-state index contributed by atoms with van der Waals surface area (Å²) in [7, 11) is -3.57. The normalized spacial score (nSPS) is 25.5. The average Bonchev–Trinajstić information content (AvgIpc) is 3.52. The molecule has 1 aromatic carbocycles. The second-order valence-electron chi connectivity index (χ2n) is 8.19. The number of terminal acetylenes is 1. The number of sulfone groups is 1. The van der Waals surface area contributed by atoms with E-state index in [-0.39, 0.29) is 35.1 Å². The Morgan fingerprint density at radius 2 is 2.15 bits per heavy atom. The number of thioether (sulfide) groups is 1. The zero-order valence-electron chi connectivity index (χ0n) is 18.1. The fourth-order valence-electron chi connectivity index (χ4n) is 4.16. The predicted molar refractivity (Wildman–Crippen MR) is 125 cm³/mol. The molecule has 34 heavy (non-hydrogen) atoms. The van der Waals surface area contributed by atoms with Crippen LogP contribution >= 0.6 is 11.8 Å². The maximum Gasteiger partial charge on any atom is 0.274 e. The van der Waals surface area contributed by atoms with Gasteiger partial charge in [-0.2, -0.15) is 0 Å². The van der Waals surface area contributed by atoms with Gasteiger partial charge in [-0.3, -0.25) is 9.79 Å². The molecule has 1 aromatic heterocycles. The predicted octanol–water partition coefficient (Wildman–Crippen LogP) is 2.66. The number of ether oxygens (including phenoxy) is 1. The molecule has 0 bridgehead atoms. The molecule has 4 rings (SSSR count). The number of amidine groups is 1. The van der Waals surface area contributed by atoms with Gasteiger partial charge in [0, 0.05) is 29.5 Å². The van der Waals surface area contributed by atoms with Gasteiger partial charge in [-0.1, -0.05) is 17.7 Å². The van der Waals surface area contributed by atoms with Crippen molar-refractivity contribution >= 4 is 38.4 Å². The van der Waals surface area contributed by atoms with Gasteiger partial charge in [0.25, 0.3) is 5.91 Å². The van der Waals surface area contributed by atoms with E-state index in [2.05, 4.69) is 21.2 Å². The van der Waals surface area contributed by atoms with Gasteiger partial charge in [0.05, 0.1) is 11.7 Å². The molecule has 1 aliphatic heterocycles. The van der Waals surface area contributed by atoms with Crippen molar-refractivity contribution in [2.45, 2.75) is 23.0 Å². The first-order chi connectivity index (χ1) is 15.9. The molecular weight excluding hydrogens is 486 g/mol. The molecule has 12 heteroatoms. The lowest BCUT2D eigenvalue weighted by molar-refractivity contribution is 0.102. The van der Waals surface area contributed by atoms with E-state index in [1.807, 2.05) is 0 Å². The van der Waals surface area contributed by atoms with Crippen molar-refractivity contribution in [1.29, 1.82) is 0 Å². The summed E-state index contributed by atoms with van der Waals surface area (Å²) in [4.78, 5) is 20.9. The van der Waals surface area contributed by atoms with Crippen LogP contribution < -0.4 is 15.8 Å². The topological polar surface area (TPSA) is 124 Å². The zero-order chi connectivity index (χ0) is 24.9. The van der Waals surface area contributed by atoms with Crippen LogP contribution in [-0.2, 0) is 15.4 Å². The number of aromatic nitrogens is 1. The van der Waals surface area contributed by atoms with E-state index in [0.717, 1.165) is 24.1 Å². The second kappa shape index (κ2) is 8.25. The third-order valence-corrected chi connectivity index (χ3v) is 9.87. The van der Waals surface area contributed by atoms with Crippen molar-refractivity contribution in [1.82, 2.24) is 4.98 Å². The molecule has 1 amide bonds. The molecule has 3 atom stereocenters. The van der Waals surface area contributed by atoms with E-state index in [9.17, 15) is 22.0 Å². The fraction of sp³-hybridized carbons (Fsp3) is 0.318. The first-order valence-corrected chi connectivity index (χ1v) is 12.7. The number of benzene rings is 1. The van der Waals surface area contributed by atoms with Gasteiger partial charge in [0.2, 0.25) is 0 Å². The van der Waals surface area contributed by atoms with E-state index in [0.29, 0.717) is 5.75 Å². The number of aliphatic imine (C=N–C) groups is 1. The Morgan fingerprint density at radius 1 is 1.41 bits per heavy atom. The minimum atomic E-state index is -3.57. The minimum absolute atomic E-state index is 0.000158. The molecule has 178 valence electrons. The number of nitrogens with zero attached hydrogens (tertiary/aromatic N) is 2. The number of rotatable bonds is 6. The fourth-order valence-corrected chi connectivity index (χ4v) is 7.44. The van der Waals surface area contributed by atoms with E-state index in [4.69, 9.17) is 16.9 Å². The van der Waals surface area contributed by atoms with Gasteiger partial charge in [0.15, 0.2) is 26.6 Å². The van der Waals surface area contributed by atoms with Gasteiger partial charge in [-0.25, -0.2) is 22.2 Å². The summed E-state index contributed by atoms with van der Waals surface area (Å²) in [6.45, 7) is 1.55. The Balaban J connectivity index is 1.65. The molecular formula is C22H20F2N4O4S2. The average molecular weight is 507 g/mol. The van der Waals surface area contributed by atoms with Crippen LogP contribution in [0.4, 0.5) is 14.5 Å². The number of nitrogens with one attached hydrogen (secondary N) is 1. The molecule has 2 aliphatic rings. The maximum absolute atomic E-state index is 15.0. The summed E-state index contributed by atoms with van der Waals surface area (Å²) in [6, 6.07) is 4.94. The first-order valence-electron chi connectivity index (χ1n) is 9.98. The van der Waals surface area contributed by atoms with Crippen LogP contribution in [0.5, 0.6) is 5.75 Å². The van der Waals surface area contributed by atoms with Crippen LogP contribution in [0.25, 0.3) is 0 Å². The number of fused-ring (bicyclic) bond motifs is 1. The summed E-state index contributed by atoms with van der Waals surface area (Å²) in [6.07, 6.45) is 7.70. The highest BCUT2D eigenvalue weighted by Crippen LogP contribution is 2.68. The minimum Gasteiger partial charge on any atom is -0.479 e. The monoisotopic (exact) mass is 506 g/mol. The summed E-state index contributed by atoms with van der Waals surface area (Å²) in [5, 5.41) is 2.45. The molecule has 0 saturated heterocycles. The Morgan fingerprint density at radius 3 is 2.76 bits per heavy atom. The SMILES string of the molecule is C#CCOc1ccc(C(=O)Nc2cc(F)c(F)c([C@]3(C)N=C(N)S[C@@]4(S(C)(=O)=O)C[C@@H]34)c2)nc1. The van der Waals surface area contributed by atoms with Crippen molar-refractivity contribution in [3.8, 4) is 18.1 Å². The molecule has 2 aromatic rings. The highest BCUT2D eigenvalue weighted by atomic mass is 32.3. The summed E-state index contributed by atoms with van der Waals surface area (Å²) in [5.74, 6) is -1.04. The zero-order valence-corrected chi connectivity index (χ0v) is 19.8. The van der Waals surface area contributed by atoms with E-state index in [1.54, 1.807) is 0 Å². The smallest absolute Gasteiger partial charge is 0.274 e. The van der Waals surface area contributed by atoms with Crippen LogP contribution in [0.2, 0.25) is 0 Å². The second-order valence-corrected chi connectivity index (χ2v) is 12.1. The van der Waals surface area contributed by atoms with E-state index < -0.39 is 42.9 Å². The number of hydrogen-bond donors (Lipinski definition) is 2. The number of anilines is 1. The number of nitrogens with two attached hydrogens (primary N) is 1. The highest BCUT2D eigenvalue weighted by molar-refractivity contribution is 8.24. The molecule has 1 saturated carbocycles. The highest BCUT2D eigenvalue weighted by Gasteiger charge is 2.72. The standard InChI is InChI=1S/C22H20F2N4O4S2/c1-4-7-32-13-5-6-16(26-11-13)19(29)27-12-8-14(18(24)15(23)9-12)21(2)17-10-22(17,34(3,30)31)33-20(25)28-21/h1,5-6,8-9,11,17H,7,10H2,2-3H3,(H2,25,28)(H,27,29)/t17-,21-,22+/m0/s1. The maximum atomic E-state index is 15.0. The molecule has 0 unspecified atom stereocenters. The van der Waals surface area contributed by atoms with Gasteiger partial charge in [0.1, 0.15) is 22.1 Å². The summed E-state index contributed by atoms with van der Waals surface area (Å²) in [5.41, 5.74) is 4.21. The van der Waals surface area contributed by atoms with Gasteiger partial charge in [-0.05, 0) is 31.5 Å². The van der Waals surface area contributed by atoms with E-state index >= 15 is 0 Å². The number of carbonyl (C=O) groups is 1. The van der Waals surface area contributed by atoms with Crippen molar-refractivity contribution in [3.63, 3.8) is 0 Å². The van der Waals surface area contributed by atoms with Crippen LogP contribution in [-0.4, -0.2) is 41.4 Å². The van der Waals surface area contributed by atoms with Crippen molar-refractivity contribution < 1.29 is 26.7 Å². The third kappa shape index (κ3) is 3.99. The van der Waals surface area contributed by atoms with Gasteiger partial charge >= 0.3 is 0 Å². The largest absolute Gasteiger partial charge is 0.479 e. The number of halogens is 2. The summed E-state index contributed by atoms with van der Waals surface area (Å²) < 4.78 is 58.4. The van der Waals surface area contributed by atoms with Crippen LogP contribution in [0.15, 0.2) is 35.5 Å². The molecule has 0 spiro atoms. The van der Waals surface area contributed by atoms with Crippen LogP contribution in [0.3, 0.4) is 0 Å².